The predicted octanol–water partition coefficient (Wildman–Crippen LogP) is 3.99. The number of nitrogens with one attached hydrogen (secondary N) is 1. The Bertz CT molecular complexity index is 420. The monoisotopic (exact) mass is 288 g/mol. The lowest BCUT2D eigenvalue weighted by molar-refractivity contribution is 0.262. The Morgan fingerprint density at radius 1 is 1.05 bits per heavy atom. The fourth-order valence-corrected chi connectivity index (χ4v) is 3.06. The van der Waals surface area contributed by atoms with Crippen molar-refractivity contribution >= 4 is 0 Å². The van der Waals surface area contributed by atoms with Gasteiger partial charge in [-0.25, -0.2) is 0 Å². The summed E-state index contributed by atoms with van der Waals surface area (Å²) in [5.74, 6) is 0. The first-order valence-corrected chi connectivity index (χ1v) is 8.59. The molecule has 1 aliphatic heterocycles. The fourth-order valence-electron chi connectivity index (χ4n) is 3.06. The highest BCUT2D eigenvalue weighted by molar-refractivity contribution is 5.27. The lowest BCUT2D eigenvalue weighted by Gasteiger charge is -2.22. The molecule has 0 saturated heterocycles. The molecule has 0 unspecified atom stereocenters. The maximum absolute atomic E-state index is 3.57. The van der Waals surface area contributed by atoms with Crippen LogP contribution in [0.3, 0.4) is 0 Å². The van der Waals surface area contributed by atoms with Crippen LogP contribution in [0.4, 0.5) is 0 Å². The van der Waals surface area contributed by atoms with Gasteiger partial charge in [-0.3, -0.25) is 4.90 Å². The number of unbranched alkanes of at least 4 members (excludes halogenated alkanes) is 2. The van der Waals surface area contributed by atoms with Gasteiger partial charge in [0, 0.05) is 12.1 Å². The molecule has 0 aromatic heterocycles. The highest BCUT2D eigenvalue weighted by Crippen LogP contribution is 2.18. The van der Waals surface area contributed by atoms with Crippen LogP contribution < -0.4 is 5.32 Å². The van der Waals surface area contributed by atoms with Crippen LogP contribution >= 0.6 is 0 Å². The highest BCUT2D eigenvalue weighted by Gasteiger charge is 2.13. The van der Waals surface area contributed by atoms with E-state index in [1.165, 1.54) is 45.2 Å². The average Bonchev–Trinajstić information content (AvgIpc) is 2.63. The SMILES string of the molecule is CC(C)(C)NCCCCCN1CCCc2ccccc2C1. The number of hydrogen-bond donors (Lipinski definition) is 1. The van der Waals surface area contributed by atoms with Crippen molar-refractivity contribution < 1.29 is 0 Å². The van der Waals surface area contributed by atoms with Crippen molar-refractivity contribution in [1.29, 1.82) is 0 Å². The normalized spacial score (nSPS) is 16.5. The lowest BCUT2D eigenvalue weighted by atomic mass is 10.0. The summed E-state index contributed by atoms with van der Waals surface area (Å²) in [4.78, 5) is 2.64. The van der Waals surface area contributed by atoms with E-state index in [-0.39, 0.29) is 5.54 Å². The summed E-state index contributed by atoms with van der Waals surface area (Å²) in [6.07, 6.45) is 6.52. The molecular formula is C19H32N2. The Labute approximate surface area is 130 Å². The smallest absolute Gasteiger partial charge is 0.0236 e. The van der Waals surface area contributed by atoms with E-state index in [1.54, 1.807) is 11.1 Å². The first kappa shape index (κ1) is 16.5. The van der Waals surface area contributed by atoms with Gasteiger partial charge in [0.1, 0.15) is 0 Å². The van der Waals surface area contributed by atoms with Crippen LogP contribution in [-0.4, -0.2) is 30.1 Å². The summed E-state index contributed by atoms with van der Waals surface area (Å²) in [7, 11) is 0. The lowest BCUT2D eigenvalue weighted by Crippen LogP contribution is -2.36. The maximum atomic E-state index is 3.57. The second kappa shape index (κ2) is 7.95. The van der Waals surface area contributed by atoms with E-state index in [4.69, 9.17) is 0 Å². The summed E-state index contributed by atoms with van der Waals surface area (Å²) >= 11 is 0. The summed E-state index contributed by atoms with van der Waals surface area (Å²) in [5.41, 5.74) is 3.37. The largest absolute Gasteiger partial charge is 0.312 e. The number of aryl methyl sites for hydroxylation is 1. The van der Waals surface area contributed by atoms with Gasteiger partial charge in [-0.15, -0.1) is 0 Å². The van der Waals surface area contributed by atoms with Gasteiger partial charge in [-0.2, -0.15) is 0 Å². The van der Waals surface area contributed by atoms with Crippen molar-refractivity contribution in [1.82, 2.24) is 10.2 Å². The molecule has 0 amide bonds. The molecule has 0 atom stereocenters. The van der Waals surface area contributed by atoms with Crippen LogP contribution in [0.25, 0.3) is 0 Å². The quantitative estimate of drug-likeness (QED) is 0.796. The molecule has 21 heavy (non-hydrogen) atoms. The first-order chi connectivity index (χ1) is 10.0. The third-order valence-corrected chi connectivity index (χ3v) is 4.24. The molecule has 1 aromatic carbocycles. The second-order valence-corrected chi connectivity index (χ2v) is 7.39. The van der Waals surface area contributed by atoms with E-state index < -0.39 is 0 Å². The molecule has 1 N–H and O–H groups in total. The molecule has 0 bridgehead atoms. The van der Waals surface area contributed by atoms with E-state index in [1.807, 2.05) is 0 Å². The zero-order valence-corrected chi connectivity index (χ0v) is 14.1. The van der Waals surface area contributed by atoms with E-state index in [0.29, 0.717) is 0 Å². The van der Waals surface area contributed by atoms with Gasteiger partial charge in [-0.1, -0.05) is 30.7 Å². The van der Waals surface area contributed by atoms with Gasteiger partial charge in [0.2, 0.25) is 0 Å². The summed E-state index contributed by atoms with van der Waals surface area (Å²) < 4.78 is 0. The number of rotatable bonds is 6. The molecule has 2 nitrogen and oxygen atoms in total. The van der Waals surface area contributed by atoms with Crippen LogP contribution in [0.2, 0.25) is 0 Å². The van der Waals surface area contributed by atoms with Crippen LogP contribution in [0.5, 0.6) is 0 Å². The van der Waals surface area contributed by atoms with E-state index >= 15 is 0 Å². The fraction of sp³-hybridized carbons (Fsp3) is 0.684. The molecule has 118 valence electrons. The van der Waals surface area contributed by atoms with Crippen LogP contribution in [0, 0.1) is 0 Å². The number of benzene rings is 1. The van der Waals surface area contributed by atoms with Crippen LogP contribution in [0.1, 0.15) is 57.6 Å². The third-order valence-electron chi connectivity index (χ3n) is 4.24. The molecule has 0 radical (unpaired) electrons. The third kappa shape index (κ3) is 6.19. The second-order valence-electron chi connectivity index (χ2n) is 7.39. The Morgan fingerprint density at radius 2 is 1.81 bits per heavy atom. The molecule has 0 fully saturated rings. The first-order valence-electron chi connectivity index (χ1n) is 8.59. The van der Waals surface area contributed by atoms with E-state index in [9.17, 15) is 0 Å². The average molecular weight is 288 g/mol. The van der Waals surface area contributed by atoms with Crippen molar-refractivity contribution in [3.8, 4) is 0 Å². The van der Waals surface area contributed by atoms with Crippen molar-refractivity contribution in [3.63, 3.8) is 0 Å². The van der Waals surface area contributed by atoms with Gasteiger partial charge in [0.05, 0.1) is 0 Å². The van der Waals surface area contributed by atoms with E-state index in [0.717, 1.165) is 13.1 Å². The zero-order chi connectivity index (χ0) is 15.1. The zero-order valence-electron chi connectivity index (χ0n) is 14.1. The van der Waals surface area contributed by atoms with Crippen molar-refractivity contribution in [2.24, 2.45) is 0 Å². The minimum Gasteiger partial charge on any atom is -0.312 e. The molecule has 2 heteroatoms. The highest BCUT2D eigenvalue weighted by atomic mass is 15.1. The molecule has 1 heterocycles. The van der Waals surface area contributed by atoms with E-state index in [2.05, 4.69) is 55.3 Å². The Morgan fingerprint density at radius 3 is 2.57 bits per heavy atom. The molecule has 1 aromatic rings. The van der Waals surface area contributed by atoms with Crippen molar-refractivity contribution in [2.75, 3.05) is 19.6 Å². The van der Waals surface area contributed by atoms with Gasteiger partial charge < -0.3 is 5.32 Å². The van der Waals surface area contributed by atoms with Gasteiger partial charge in [-0.05, 0) is 77.2 Å². The van der Waals surface area contributed by atoms with Gasteiger partial charge >= 0.3 is 0 Å². The summed E-state index contributed by atoms with van der Waals surface area (Å²) in [6.45, 7) is 11.5. The minimum absolute atomic E-state index is 0.258. The van der Waals surface area contributed by atoms with Crippen LogP contribution in [-0.2, 0) is 13.0 Å². The minimum atomic E-state index is 0.258. The Balaban J connectivity index is 1.65. The standard InChI is InChI=1S/C19H32N2/c1-19(2,3)20-13-7-4-8-14-21-15-9-12-17-10-5-6-11-18(17)16-21/h5-6,10-11,20H,4,7-9,12-16H2,1-3H3. The molecular weight excluding hydrogens is 256 g/mol. The molecule has 0 aliphatic carbocycles. The van der Waals surface area contributed by atoms with Gasteiger partial charge in [0.15, 0.2) is 0 Å². The topological polar surface area (TPSA) is 15.3 Å². The van der Waals surface area contributed by atoms with Gasteiger partial charge in [0.25, 0.3) is 0 Å². The summed E-state index contributed by atoms with van der Waals surface area (Å²) in [6, 6.07) is 8.97. The number of hydrogen-bond acceptors (Lipinski definition) is 2. The molecule has 1 aliphatic rings. The van der Waals surface area contributed by atoms with Crippen LogP contribution in [0.15, 0.2) is 24.3 Å². The maximum Gasteiger partial charge on any atom is 0.0236 e. The number of nitrogens with zero attached hydrogens (tertiary/aromatic N) is 1. The number of fused-ring (bicyclic) bond motifs is 1. The molecule has 2 rings (SSSR count). The Kier molecular flexibility index (Phi) is 6.25. The molecule has 0 saturated carbocycles. The summed E-state index contributed by atoms with van der Waals surface area (Å²) in [5, 5.41) is 3.57. The van der Waals surface area contributed by atoms with Crippen molar-refractivity contribution in [2.45, 2.75) is 65.0 Å². The Hall–Kier alpha value is -0.860. The predicted molar refractivity (Wildman–Crippen MR) is 91.6 cm³/mol. The molecule has 0 spiro atoms. The van der Waals surface area contributed by atoms with Crippen molar-refractivity contribution in [3.05, 3.63) is 35.4 Å².